The van der Waals surface area contributed by atoms with E-state index in [1.54, 1.807) is 22.5 Å². The van der Waals surface area contributed by atoms with Crippen LogP contribution in [0.25, 0.3) is 0 Å². The Bertz CT molecular complexity index is 1670. The Balaban J connectivity index is 1.38. The first kappa shape index (κ1) is 30.6. The number of hydrogen-bond donors (Lipinski definition) is 2. The lowest BCUT2D eigenvalue weighted by molar-refractivity contribution is -0.122. The molecule has 0 aromatic heterocycles. The molecule has 2 amide bonds. The number of sulfonamides is 1. The maximum atomic E-state index is 14.3. The Hall–Kier alpha value is -3.47. The van der Waals surface area contributed by atoms with Crippen LogP contribution in [0.2, 0.25) is 5.02 Å². The number of benzene rings is 3. The average molecular weight is 639 g/mol. The van der Waals surface area contributed by atoms with Crippen LogP contribution in [0.1, 0.15) is 54.1 Å². The number of likely N-dealkylation sites (N-methyl/N-ethyl adjacent to an activating group) is 1. The predicted octanol–water partition coefficient (Wildman–Crippen LogP) is 4.87. The van der Waals surface area contributed by atoms with Crippen LogP contribution in [0.5, 0.6) is 0 Å². The van der Waals surface area contributed by atoms with E-state index in [4.69, 9.17) is 11.6 Å². The average Bonchev–Trinajstić information content (AvgIpc) is 3.81. The van der Waals surface area contributed by atoms with E-state index in [0.717, 1.165) is 36.1 Å². The number of fused-ring (bicyclic) bond motifs is 2. The van der Waals surface area contributed by atoms with Crippen molar-refractivity contribution in [2.24, 2.45) is 5.92 Å². The van der Waals surface area contributed by atoms with Gasteiger partial charge in [0, 0.05) is 29.1 Å². The lowest BCUT2D eigenvalue weighted by atomic mass is 9.68. The SMILES string of the molecule is CCNC(=O)CN1CCC2(CC1)c1cc(C(=O)NCc3ccccc3Cl)ccc1N(S(=O)(=O)c1ccc(F)cc1)C2C1CC1. The minimum Gasteiger partial charge on any atom is -0.355 e. The molecule has 44 heavy (non-hydrogen) atoms. The van der Waals surface area contributed by atoms with Gasteiger partial charge in [0.1, 0.15) is 5.82 Å². The normalized spacial score (nSPS) is 19.5. The smallest absolute Gasteiger partial charge is 0.264 e. The first-order valence-corrected chi connectivity index (χ1v) is 16.9. The van der Waals surface area contributed by atoms with Gasteiger partial charge in [-0.25, -0.2) is 12.8 Å². The fourth-order valence-corrected chi connectivity index (χ4v) is 8.91. The van der Waals surface area contributed by atoms with E-state index in [-0.39, 0.29) is 41.8 Å². The largest absolute Gasteiger partial charge is 0.355 e. The van der Waals surface area contributed by atoms with Gasteiger partial charge in [-0.1, -0.05) is 29.8 Å². The number of nitrogens with one attached hydrogen (secondary N) is 2. The predicted molar refractivity (Wildman–Crippen MR) is 168 cm³/mol. The highest BCUT2D eigenvalue weighted by Gasteiger charge is 2.60. The van der Waals surface area contributed by atoms with Gasteiger partial charge >= 0.3 is 0 Å². The number of rotatable bonds is 9. The minimum absolute atomic E-state index is 0.0304. The van der Waals surface area contributed by atoms with Gasteiger partial charge in [-0.3, -0.25) is 18.8 Å². The van der Waals surface area contributed by atoms with Gasteiger partial charge in [-0.15, -0.1) is 0 Å². The number of carbonyl (C=O) groups excluding carboxylic acids is 2. The molecule has 1 saturated heterocycles. The molecule has 1 spiro atoms. The summed E-state index contributed by atoms with van der Waals surface area (Å²) in [5.74, 6) is -0.663. The van der Waals surface area contributed by atoms with Crippen LogP contribution in [0.3, 0.4) is 0 Å². The molecular weight excluding hydrogens is 603 g/mol. The van der Waals surface area contributed by atoms with E-state index in [1.807, 2.05) is 31.2 Å². The first-order chi connectivity index (χ1) is 21.1. The molecule has 1 atom stereocenters. The molecule has 3 aliphatic rings. The zero-order valence-corrected chi connectivity index (χ0v) is 26.1. The van der Waals surface area contributed by atoms with Crippen molar-refractivity contribution in [1.82, 2.24) is 15.5 Å². The Morgan fingerprint density at radius 1 is 1.00 bits per heavy atom. The third-order valence-electron chi connectivity index (χ3n) is 9.18. The first-order valence-electron chi connectivity index (χ1n) is 15.1. The molecule has 8 nitrogen and oxygen atoms in total. The third-order valence-corrected chi connectivity index (χ3v) is 11.4. The second-order valence-electron chi connectivity index (χ2n) is 11.9. The van der Waals surface area contributed by atoms with Gasteiger partial charge < -0.3 is 10.6 Å². The molecule has 2 heterocycles. The Morgan fingerprint density at radius 2 is 1.70 bits per heavy atom. The van der Waals surface area contributed by atoms with Crippen LogP contribution in [0.15, 0.2) is 71.6 Å². The van der Waals surface area contributed by atoms with Gasteiger partial charge in [0.2, 0.25) is 5.91 Å². The molecule has 2 N–H and O–H groups in total. The highest BCUT2D eigenvalue weighted by atomic mass is 35.5. The van der Waals surface area contributed by atoms with E-state index in [1.165, 1.54) is 12.1 Å². The quantitative estimate of drug-likeness (QED) is 0.349. The van der Waals surface area contributed by atoms with Crippen molar-refractivity contribution >= 4 is 39.1 Å². The zero-order valence-electron chi connectivity index (χ0n) is 24.6. The zero-order chi connectivity index (χ0) is 31.1. The van der Waals surface area contributed by atoms with Crippen molar-refractivity contribution in [1.29, 1.82) is 0 Å². The van der Waals surface area contributed by atoms with Crippen LogP contribution < -0.4 is 14.9 Å². The van der Waals surface area contributed by atoms with Gasteiger partial charge in [-0.2, -0.15) is 0 Å². The number of hydrogen-bond acceptors (Lipinski definition) is 5. The van der Waals surface area contributed by atoms with Crippen LogP contribution in [0, 0.1) is 11.7 Å². The van der Waals surface area contributed by atoms with Crippen LogP contribution in [-0.4, -0.2) is 57.4 Å². The summed E-state index contributed by atoms with van der Waals surface area (Å²) in [5, 5.41) is 6.37. The second kappa shape index (κ2) is 12.1. The summed E-state index contributed by atoms with van der Waals surface area (Å²) in [4.78, 5) is 27.9. The van der Waals surface area contributed by atoms with Crippen molar-refractivity contribution in [2.75, 3.05) is 30.5 Å². The lowest BCUT2D eigenvalue weighted by Crippen LogP contribution is -2.54. The van der Waals surface area contributed by atoms with Crippen LogP contribution in [0.4, 0.5) is 10.1 Å². The molecule has 1 aliphatic carbocycles. The molecule has 2 fully saturated rings. The lowest BCUT2D eigenvalue weighted by Gasteiger charge is -2.45. The summed E-state index contributed by atoms with van der Waals surface area (Å²) in [6, 6.07) is 17.2. The summed E-state index contributed by atoms with van der Waals surface area (Å²) in [6.07, 6.45) is 3.09. The molecule has 2 aliphatic heterocycles. The summed E-state index contributed by atoms with van der Waals surface area (Å²) < 4.78 is 44.0. The summed E-state index contributed by atoms with van der Waals surface area (Å²) >= 11 is 6.29. The molecule has 6 rings (SSSR count). The topological polar surface area (TPSA) is 98.8 Å². The number of carbonyl (C=O) groups is 2. The molecule has 0 bridgehead atoms. The number of nitrogens with zero attached hydrogens (tertiary/aromatic N) is 2. The Morgan fingerprint density at radius 3 is 2.36 bits per heavy atom. The molecule has 0 radical (unpaired) electrons. The maximum Gasteiger partial charge on any atom is 0.264 e. The van der Waals surface area contributed by atoms with E-state index < -0.39 is 21.3 Å². The molecule has 1 saturated carbocycles. The molecule has 3 aromatic rings. The highest BCUT2D eigenvalue weighted by Crippen LogP contribution is 2.59. The van der Waals surface area contributed by atoms with Gasteiger partial charge in [0.25, 0.3) is 15.9 Å². The molecular formula is C33H36ClFN4O4S. The minimum atomic E-state index is -4.05. The van der Waals surface area contributed by atoms with Gasteiger partial charge in [0.15, 0.2) is 0 Å². The molecule has 1 unspecified atom stereocenters. The van der Waals surface area contributed by atoms with Crippen molar-refractivity contribution in [3.8, 4) is 0 Å². The summed E-state index contributed by atoms with van der Waals surface area (Å²) in [6.45, 7) is 4.22. The fraction of sp³-hybridized carbons (Fsp3) is 0.394. The standard InChI is InChI=1S/C33H36ClFN4O4S/c1-2-36-30(40)21-38-17-15-33(16-18-38)27-19-23(32(41)37-20-24-5-3-4-6-28(24)34)9-14-29(27)39(31(33)22-7-8-22)44(42,43)26-12-10-25(35)11-13-26/h3-6,9-14,19,22,31H,2,7-8,15-18,20-21H2,1H3,(H,36,40)(H,37,41). The Labute approximate surface area is 262 Å². The highest BCUT2D eigenvalue weighted by molar-refractivity contribution is 7.92. The monoisotopic (exact) mass is 638 g/mol. The third kappa shape index (κ3) is 5.71. The van der Waals surface area contributed by atoms with Gasteiger partial charge in [-0.05, 0) is 111 Å². The Kier molecular flexibility index (Phi) is 8.43. The van der Waals surface area contributed by atoms with E-state index in [2.05, 4.69) is 15.5 Å². The number of piperidine rings is 1. The summed E-state index contributed by atoms with van der Waals surface area (Å²) in [5.41, 5.74) is 2.09. The maximum absolute atomic E-state index is 14.3. The van der Waals surface area contributed by atoms with Crippen molar-refractivity contribution in [3.05, 3.63) is 94.3 Å². The van der Waals surface area contributed by atoms with E-state index in [0.29, 0.717) is 48.7 Å². The molecule has 11 heteroatoms. The molecule has 3 aromatic carbocycles. The fourth-order valence-electron chi connectivity index (χ4n) is 6.91. The number of anilines is 1. The second-order valence-corrected chi connectivity index (χ2v) is 14.2. The number of likely N-dealkylation sites (tertiary alicyclic amines) is 1. The van der Waals surface area contributed by atoms with E-state index >= 15 is 0 Å². The van der Waals surface area contributed by atoms with Gasteiger partial charge in [0.05, 0.1) is 23.2 Å². The van der Waals surface area contributed by atoms with Crippen LogP contribution >= 0.6 is 11.6 Å². The van der Waals surface area contributed by atoms with Crippen molar-refractivity contribution in [2.45, 2.75) is 55.5 Å². The number of halogens is 2. The van der Waals surface area contributed by atoms with Crippen molar-refractivity contribution < 1.29 is 22.4 Å². The van der Waals surface area contributed by atoms with Crippen molar-refractivity contribution in [3.63, 3.8) is 0 Å². The van der Waals surface area contributed by atoms with E-state index in [9.17, 15) is 22.4 Å². The molecule has 232 valence electrons. The summed E-state index contributed by atoms with van der Waals surface area (Å²) in [7, 11) is -4.05. The van der Waals surface area contributed by atoms with Crippen LogP contribution in [-0.2, 0) is 26.8 Å². The number of amides is 2.